The summed E-state index contributed by atoms with van der Waals surface area (Å²) in [5.41, 5.74) is 7.76. The van der Waals surface area contributed by atoms with Gasteiger partial charge in [-0.25, -0.2) is 9.78 Å². The lowest BCUT2D eigenvalue weighted by atomic mass is 9.69. The molecule has 0 saturated carbocycles. The quantitative estimate of drug-likeness (QED) is 0.226. The van der Waals surface area contributed by atoms with Crippen LogP contribution in [0.2, 0.25) is 5.02 Å². The number of esters is 1. The molecule has 222 valence electrons. The zero-order valence-corrected chi connectivity index (χ0v) is 26.5. The van der Waals surface area contributed by atoms with E-state index >= 15 is 0 Å². The van der Waals surface area contributed by atoms with Gasteiger partial charge in [0.25, 0.3) is 5.91 Å². The van der Waals surface area contributed by atoms with Crippen molar-refractivity contribution in [2.45, 2.75) is 60.3 Å². The Morgan fingerprint density at radius 3 is 2.44 bits per heavy atom. The zero-order chi connectivity index (χ0) is 30.9. The molecule has 0 aliphatic heterocycles. The van der Waals surface area contributed by atoms with Crippen molar-refractivity contribution in [1.82, 2.24) is 4.98 Å². The van der Waals surface area contributed by atoms with E-state index in [1.807, 2.05) is 73.7 Å². The summed E-state index contributed by atoms with van der Waals surface area (Å²) in [7, 11) is 0. The minimum atomic E-state index is -0.515. The molecule has 6 heteroatoms. The molecule has 1 unspecified atom stereocenters. The third kappa shape index (κ3) is 6.67. The lowest BCUT2D eigenvalue weighted by Gasteiger charge is -2.36. The molecule has 0 saturated heterocycles. The van der Waals surface area contributed by atoms with E-state index in [1.54, 1.807) is 0 Å². The molecule has 0 bridgehead atoms. The molecule has 1 N–H and O–H groups in total. The topological polar surface area (TPSA) is 68.3 Å². The number of aryl methyl sites for hydroxylation is 1. The van der Waals surface area contributed by atoms with Crippen molar-refractivity contribution in [2.24, 2.45) is 11.3 Å². The molecule has 1 atom stereocenters. The number of carbonyl (C=O) groups excluding carboxylic acids is 2. The number of fused-ring (bicyclic) bond motifs is 2. The van der Waals surface area contributed by atoms with E-state index in [4.69, 9.17) is 21.3 Å². The van der Waals surface area contributed by atoms with Crippen LogP contribution in [0.3, 0.4) is 0 Å². The molecule has 5 rings (SSSR count). The first-order chi connectivity index (χ1) is 20.4. The van der Waals surface area contributed by atoms with Crippen molar-refractivity contribution in [3.63, 3.8) is 0 Å². The van der Waals surface area contributed by atoms with Gasteiger partial charge in [0, 0.05) is 16.1 Å². The van der Waals surface area contributed by atoms with Crippen LogP contribution in [0, 0.1) is 18.3 Å². The Kier molecular flexibility index (Phi) is 8.75. The first kappa shape index (κ1) is 30.5. The van der Waals surface area contributed by atoms with E-state index in [0.29, 0.717) is 17.0 Å². The fourth-order valence-electron chi connectivity index (χ4n) is 5.85. The summed E-state index contributed by atoms with van der Waals surface area (Å²) in [6.45, 7) is 12.4. The Morgan fingerprint density at radius 1 is 1.02 bits per heavy atom. The van der Waals surface area contributed by atoms with Gasteiger partial charge in [-0.15, -0.1) is 0 Å². The fraction of sp³-hybridized carbons (Fsp3) is 0.324. The second-order valence-corrected chi connectivity index (χ2v) is 13.3. The van der Waals surface area contributed by atoms with Gasteiger partial charge in [-0.05, 0) is 89.1 Å². The Morgan fingerprint density at radius 2 is 1.74 bits per heavy atom. The molecule has 0 radical (unpaired) electrons. The molecule has 1 amide bonds. The molecular weight excluding hydrogens is 556 g/mol. The van der Waals surface area contributed by atoms with Crippen LogP contribution in [0.15, 0.2) is 66.7 Å². The van der Waals surface area contributed by atoms with Gasteiger partial charge in [0.1, 0.15) is 0 Å². The van der Waals surface area contributed by atoms with Crippen LogP contribution < -0.4 is 5.32 Å². The van der Waals surface area contributed by atoms with E-state index in [-0.39, 0.29) is 29.8 Å². The van der Waals surface area contributed by atoms with Crippen molar-refractivity contribution in [3.8, 4) is 0 Å². The standard InChI is InChI=1S/C37H39ClN2O3/c1-22(2)28-12-9-10-23(3)34(28)40-32(41)21-43-36(42)33-29-11-7-8-13-31(29)39-35-25(18-24-14-16-27(38)17-15-24)19-26(20-30(33)35)37(4,5)6/h7-18,22,26H,19-21H2,1-6H3,(H,40,41). The first-order valence-corrected chi connectivity index (χ1v) is 15.2. The highest BCUT2D eigenvalue weighted by Gasteiger charge is 2.35. The number of amides is 1. The first-order valence-electron chi connectivity index (χ1n) is 14.9. The Labute approximate surface area is 259 Å². The highest BCUT2D eigenvalue weighted by Crippen LogP contribution is 2.45. The van der Waals surface area contributed by atoms with Gasteiger partial charge in [-0.3, -0.25) is 4.79 Å². The predicted molar refractivity (Wildman–Crippen MR) is 177 cm³/mol. The SMILES string of the molecule is Cc1cccc(C(C)C)c1NC(=O)COC(=O)c1c2c(nc3ccccc13)C(=Cc1ccc(Cl)cc1)CC(C(C)(C)C)C2. The number of halogens is 1. The van der Waals surface area contributed by atoms with Crippen molar-refractivity contribution in [1.29, 1.82) is 0 Å². The fourth-order valence-corrected chi connectivity index (χ4v) is 5.98. The average Bonchev–Trinajstić information content (AvgIpc) is 2.96. The van der Waals surface area contributed by atoms with Crippen LogP contribution in [0.4, 0.5) is 5.69 Å². The lowest BCUT2D eigenvalue weighted by molar-refractivity contribution is -0.119. The molecule has 0 fully saturated rings. The minimum absolute atomic E-state index is 0.00878. The highest BCUT2D eigenvalue weighted by atomic mass is 35.5. The molecule has 1 aliphatic carbocycles. The lowest BCUT2D eigenvalue weighted by Crippen LogP contribution is -2.29. The number of ether oxygens (including phenoxy) is 1. The Hall–Kier alpha value is -3.96. The van der Waals surface area contributed by atoms with Crippen LogP contribution >= 0.6 is 11.6 Å². The normalized spacial score (nSPS) is 15.9. The van der Waals surface area contributed by atoms with Crippen LogP contribution in [-0.2, 0) is 16.0 Å². The number of hydrogen-bond donors (Lipinski definition) is 1. The third-order valence-electron chi connectivity index (χ3n) is 8.38. The van der Waals surface area contributed by atoms with Gasteiger partial charge in [0.2, 0.25) is 0 Å². The zero-order valence-electron chi connectivity index (χ0n) is 25.8. The number of pyridine rings is 1. The van der Waals surface area contributed by atoms with Crippen molar-refractivity contribution in [2.75, 3.05) is 11.9 Å². The van der Waals surface area contributed by atoms with Crippen LogP contribution in [0.5, 0.6) is 0 Å². The second-order valence-electron chi connectivity index (χ2n) is 12.8. The number of rotatable bonds is 6. The number of anilines is 1. The Bertz CT molecular complexity index is 1710. The molecular formula is C37H39ClN2O3. The van der Waals surface area contributed by atoms with E-state index in [2.05, 4.69) is 46.0 Å². The van der Waals surface area contributed by atoms with Gasteiger partial charge < -0.3 is 10.1 Å². The van der Waals surface area contributed by atoms with E-state index in [0.717, 1.165) is 56.5 Å². The molecule has 3 aromatic carbocycles. The van der Waals surface area contributed by atoms with Gasteiger partial charge in [-0.2, -0.15) is 0 Å². The summed E-state index contributed by atoms with van der Waals surface area (Å²) in [4.78, 5) is 32.1. The van der Waals surface area contributed by atoms with Gasteiger partial charge in [0.15, 0.2) is 6.61 Å². The molecule has 1 aliphatic rings. The molecule has 1 aromatic heterocycles. The van der Waals surface area contributed by atoms with Gasteiger partial charge in [0.05, 0.1) is 16.8 Å². The van der Waals surface area contributed by atoms with E-state index in [9.17, 15) is 9.59 Å². The number of para-hydroxylation sites is 2. The molecule has 0 spiro atoms. The smallest absolute Gasteiger partial charge is 0.339 e. The van der Waals surface area contributed by atoms with Crippen LogP contribution in [-0.4, -0.2) is 23.5 Å². The summed E-state index contributed by atoms with van der Waals surface area (Å²) >= 11 is 6.15. The number of allylic oxidation sites excluding steroid dienone is 1. The molecule has 43 heavy (non-hydrogen) atoms. The third-order valence-corrected chi connectivity index (χ3v) is 8.63. The number of nitrogens with zero attached hydrogens (tertiary/aromatic N) is 1. The molecule has 1 heterocycles. The number of aromatic nitrogens is 1. The van der Waals surface area contributed by atoms with Crippen molar-refractivity contribution in [3.05, 3.63) is 105 Å². The number of nitrogens with one attached hydrogen (secondary N) is 1. The average molecular weight is 595 g/mol. The summed E-state index contributed by atoms with van der Waals surface area (Å²) in [6, 6.07) is 21.3. The molecule has 4 aromatic rings. The highest BCUT2D eigenvalue weighted by molar-refractivity contribution is 6.30. The summed E-state index contributed by atoms with van der Waals surface area (Å²) in [6.07, 6.45) is 3.66. The van der Waals surface area contributed by atoms with E-state index in [1.165, 1.54) is 0 Å². The van der Waals surface area contributed by atoms with Crippen molar-refractivity contribution >= 4 is 51.7 Å². The maximum Gasteiger partial charge on any atom is 0.339 e. The maximum atomic E-state index is 13.9. The van der Waals surface area contributed by atoms with Gasteiger partial charge in [-0.1, -0.05) is 94.8 Å². The maximum absolute atomic E-state index is 13.9. The number of benzene rings is 3. The molecule has 5 nitrogen and oxygen atoms in total. The number of hydrogen-bond acceptors (Lipinski definition) is 4. The van der Waals surface area contributed by atoms with Gasteiger partial charge >= 0.3 is 5.97 Å². The summed E-state index contributed by atoms with van der Waals surface area (Å²) in [5, 5.41) is 4.39. The number of carbonyl (C=O) groups is 2. The van der Waals surface area contributed by atoms with Crippen LogP contribution in [0.1, 0.15) is 85.3 Å². The van der Waals surface area contributed by atoms with Crippen molar-refractivity contribution < 1.29 is 14.3 Å². The second kappa shape index (κ2) is 12.3. The summed E-state index contributed by atoms with van der Waals surface area (Å²) < 4.78 is 5.75. The monoisotopic (exact) mass is 594 g/mol. The minimum Gasteiger partial charge on any atom is -0.452 e. The summed E-state index contributed by atoms with van der Waals surface area (Å²) in [5.74, 6) is -0.378. The predicted octanol–water partition coefficient (Wildman–Crippen LogP) is 9.26. The Balaban J connectivity index is 1.53. The largest absolute Gasteiger partial charge is 0.452 e. The van der Waals surface area contributed by atoms with E-state index < -0.39 is 5.97 Å². The van der Waals surface area contributed by atoms with Crippen LogP contribution in [0.25, 0.3) is 22.6 Å².